The molecule has 0 aromatic carbocycles. The Morgan fingerprint density at radius 2 is 1.69 bits per heavy atom. The average molecular weight is 234 g/mol. The monoisotopic (exact) mass is 234 g/mol. The zero-order valence-electron chi connectivity index (χ0n) is 9.44. The molecule has 0 spiro atoms. The fourth-order valence-electron chi connectivity index (χ4n) is 1.59. The minimum atomic E-state index is -1.48. The summed E-state index contributed by atoms with van der Waals surface area (Å²) in [5.41, 5.74) is 0. The van der Waals surface area contributed by atoms with Gasteiger partial charge in [-0.1, -0.05) is 0 Å². The number of hydrogen-bond acceptors (Lipinski definition) is 5. The normalized spacial score (nSPS) is 34.2. The molecule has 1 fully saturated rings. The highest BCUT2D eigenvalue weighted by Crippen LogP contribution is 2.23. The van der Waals surface area contributed by atoms with Crippen molar-refractivity contribution in [3.63, 3.8) is 0 Å². The molecule has 0 bridgehead atoms. The van der Waals surface area contributed by atoms with Crippen molar-refractivity contribution < 1.29 is 28.2 Å². The first-order valence-corrected chi connectivity index (χ1v) is 5.02. The van der Waals surface area contributed by atoms with Crippen LogP contribution >= 0.6 is 0 Å². The van der Waals surface area contributed by atoms with Crippen LogP contribution in [0.2, 0.25) is 0 Å². The van der Waals surface area contributed by atoms with Gasteiger partial charge < -0.3 is 14.2 Å². The van der Waals surface area contributed by atoms with Gasteiger partial charge in [0.05, 0.1) is 12.7 Å². The quantitative estimate of drug-likeness (QED) is 0.655. The van der Waals surface area contributed by atoms with E-state index >= 15 is 0 Å². The molecule has 0 aliphatic carbocycles. The molecule has 4 atom stereocenters. The molecule has 0 N–H and O–H groups in total. The highest BCUT2D eigenvalue weighted by atomic mass is 19.1. The maximum atomic E-state index is 13.5. The van der Waals surface area contributed by atoms with Crippen molar-refractivity contribution in [2.45, 2.75) is 45.3 Å². The Labute approximate surface area is 92.8 Å². The Morgan fingerprint density at radius 1 is 1.19 bits per heavy atom. The van der Waals surface area contributed by atoms with E-state index in [9.17, 15) is 14.0 Å². The minimum absolute atomic E-state index is 0.170. The van der Waals surface area contributed by atoms with E-state index in [1.807, 2.05) is 0 Å². The number of ether oxygens (including phenoxy) is 3. The number of esters is 2. The first kappa shape index (κ1) is 12.9. The molecule has 0 aromatic heterocycles. The zero-order chi connectivity index (χ0) is 12.3. The highest BCUT2D eigenvalue weighted by Gasteiger charge is 2.43. The van der Waals surface area contributed by atoms with Gasteiger partial charge in [-0.05, 0) is 6.92 Å². The second kappa shape index (κ2) is 5.25. The summed E-state index contributed by atoms with van der Waals surface area (Å²) in [6, 6.07) is 0. The molecule has 1 rings (SSSR count). The Bertz CT molecular complexity index is 252. The van der Waals surface area contributed by atoms with Crippen LogP contribution in [0.25, 0.3) is 0 Å². The van der Waals surface area contributed by atoms with E-state index in [0.717, 1.165) is 0 Å². The van der Waals surface area contributed by atoms with Gasteiger partial charge in [-0.3, -0.25) is 9.59 Å². The van der Waals surface area contributed by atoms with Crippen LogP contribution in [0.1, 0.15) is 20.8 Å². The van der Waals surface area contributed by atoms with Gasteiger partial charge in [-0.15, -0.1) is 0 Å². The van der Waals surface area contributed by atoms with Crippen LogP contribution in [0, 0.1) is 0 Å². The average Bonchev–Trinajstić information content (AvgIpc) is 2.16. The fourth-order valence-corrected chi connectivity index (χ4v) is 1.59. The maximum absolute atomic E-state index is 13.5. The predicted octanol–water partition coefficient (Wildman–Crippen LogP) is 0.607. The molecule has 1 saturated heterocycles. The molecule has 16 heavy (non-hydrogen) atoms. The van der Waals surface area contributed by atoms with Crippen LogP contribution < -0.4 is 0 Å². The number of rotatable bonds is 2. The summed E-state index contributed by atoms with van der Waals surface area (Å²) in [4.78, 5) is 21.7. The van der Waals surface area contributed by atoms with Crippen LogP contribution in [0.15, 0.2) is 0 Å². The third kappa shape index (κ3) is 3.16. The molecule has 1 aliphatic rings. The van der Waals surface area contributed by atoms with E-state index in [1.165, 1.54) is 13.8 Å². The predicted molar refractivity (Wildman–Crippen MR) is 51.4 cm³/mol. The lowest BCUT2D eigenvalue weighted by atomic mass is 10.0. The van der Waals surface area contributed by atoms with Crippen LogP contribution in [0.4, 0.5) is 4.39 Å². The molecule has 1 heterocycles. The van der Waals surface area contributed by atoms with Crippen molar-refractivity contribution in [1.82, 2.24) is 0 Å². The number of halogens is 1. The van der Waals surface area contributed by atoms with E-state index in [1.54, 1.807) is 6.92 Å². The molecular weight excluding hydrogens is 219 g/mol. The first-order chi connectivity index (χ1) is 7.41. The topological polar surface area (TPSA) is 61.8 Å². The molecule has 92 valence electrons. The number of carbonyl (C=O) groups excluding carboxylic acids is 2. The van der Waals surface area contributed by atoms with Crippen molar-refractivity contribution in [3.05, 3.63) is 0 Å². The van der Waals surface area contributed by atoms with Crippen LogP contribution in [-0.2, 0) is 23.8 Å². The highest BCUT2D eigenvalue weighted by molar-refractivity contribution is 5.67. The van der Waals surface area contributed by atoms with Gasteiger partial charge >= 0.3 is 11.9 Å². The van der Waals surface area contributed by atoms with Gasteiger partial charge in [0.1, 0.15) is 0 Å². The molecule has 0 amide bonds. The largest absolute Gasteiger partial charge is 0.456 e. The lowest BCUT2D eigenvalue weighted by Crippen LogP contribution is -2.53. The van der Waals surface area contributed by atoms with Crippen LogP contribution in [0.5, 0.6) is 0 Å². The SMILES string of the molecule is CC(=O)O[C@@H]1[C@@H](OC(C)=O)[C@@H](F)CO[C@H]1C. The number of alkyl halides is 1. The third-order valence-corrected chi connectivity index (χ3v) is 2.27. The van der Waals surface area contributed by atoms with Gasteiger partial charge in [0.2, 0.25) is 0 Å². The summed E-state index contributed by atoms with van der Waals surface area (Å²) >= 11 is 0. The lowest BCUT2D eigenvalue weighted by Gasteiger charge is -2.36. The molecule has 6 heteroatoms. The van der Waals surface area contributed by atoms with Crippen molar-refractivity contribution in [2.24, 2.45) is 0 Å². The van der Waals surface area contributed by atoms with E-state index in [-0.39, 0.29) is 6.61 Å². The smallest absolute Gasteiger partial charge is 0.303 e. The van der Waals surface area contributed by atoms with Crippen LogP contribution in [0.3, 0.4) is 0 Å². The van der Waals surface area contributed by atoms with E-state index in [0.29, 0.717) is 0 Å². The molecule has 1 aliphatic heterocycles. The zero-order valence-corrected chi connectivity index (χ0v) is 9.44. The second-order valence-electron chi connectivity index (χ2n) is 3.70. The summed E-state index contributed by atoms with van der Waals surface area (Å²) in [5, 5.41) is 0. The summed E-state index contributed by atoms with van der Waals surface area (Å²) in [6.07, 6.45) is -3.97. The summed E-state index contributed by atoms with van der Waals surface area (Å²) < 4.78 is 28.3. The Morgan fingerprint density at radius 3 is 2.19 bits per heavy atom. The third-order valence-electron chi connectivity index (χ3n) is 2.27. The Hall–Kier alpha value is -1.17. The fraction of sp³-hybridized carbons (Fsp3) is 0.800. The minimum Gasteiger partial charge on any atom is -0.456 e. The van der Waals surface area contributed by atoms with Crippen molar-refractivity contribution in [2.75, 3.05) is 6.61 Å². The molecular formula is C10H15FO5. The molecule has 5 nitrogen and oxygen atoms in total. The molecule has 0 unspecified atom stereocenters. The van der Waals surface area contributed by atoms with Crippen molar-refractivity contribution in [1.29, 1.82) is 0 Å². The van der Waals surface area contributed by atoms with Gasteiger partial charge in [0, 0.05) is 13.8 Å². The molecule has 0 aromatic rings. The Kier molecular flexibility index (Phi) is 4.23. The second-order valence-corrected chi connectivity index (χ2v) is 3.70. The summed E-state index contributed by atoms with van der Waals surface area (Å²) in [7, 11) is 0. The molecule has 0 saturated carbocycles. The van der Waals surface area contributed by atoms with E-state index in [4.69, 9.17) is 14.2 Å². The summed E-state index contributed by atoms with van der Waals surface area (Å²) in [6.45, 7) is 3.85. The maximum Gasteiger partial charge on any atom is 0.303 e. The van der Waals surface area contributed by atoms with Gasteiger partial charge in [-0.2, -0.15) is 0 Å². The molecule has 0 radical (unpaired) electrons. The standard InChI is InChI=1S/C10H15FO5/c1-5-9(15-6(2)12)10(16-7(3)13)8(11)4-14-5/h5,8-10H,4H2,1-3H3/t5-,8-,9-,10-/m0/s1. The van der Waals surface area contributed by atoms with Crippen molar-refractivity contribution in [3.8, 4) is 0 Å². The van der Waals surface area contributed by atoms with E-state index < -0.39 is 36.4 Å². The summed E-state index contributed by atoms with van der Waals surface area (Å²) in [5.74, 6) is -1.18. The lowest BCUT2D eigenvalue weighted by molar-refractivity contribution is -0.205. The van der Waals surface area contributed by atoms with Crippen LogP contribution in [-0.4, -0.2) is 43.0 Å². The number of hydrogen-bond donors (Lipinski definition) is 0. The number of carbonyl (C=O) groups is 2. The first-order valence-electron chi connectivity index (χ1n) is 5.02. The Balaban J connectivity index is 2.76. The van der Waals surface area contributed by atoms with Gasteiger partial charge in [0.15, 0.2) is 18.4 Å². The van der Waals surface area contributed by atoms with Gasteiger partial charge in [0.25, 0.3) is 0 Å². The van der Waals surface area contributed by atoms with Crippen molar-refractivity contribution >= 4 is 11.9 Å². The van der Waals surface area contributed by atoms with Gasteiger partial charge in [-0.25, -0.2) is 4.39 Å². The van der Waals surface area contributed by atoms with E-state index in [2.05, 4.69) is 0 Å².